The number of fused-ring (bicyclic) bond motifs is 1. The second-order valence-electron chi connectivity index (χ2n) is 7.19. The van der Waals surface area contributed by atoms with Gasteiger partial charge in [-0.05, 0) is 31.0 Å². The summed E-state index contributed by atoms with van der Waals surface area (Å²) in [6.45, 7) is 5.48. The van der Waals surface area contributed by atoms with Crippen molar-refractivity contribution < 1.29 is 19.1 Å². The number of carbonyl (C=O) groups excluding carboxylic acids is 3. The average molecular weight is 380 g/mol. The fourth-order valence-corrected chi connectivity index (χ4v) is 3.58. The summed E-state index contributed by atoms with van der Waals surface area (Å²) in [5.74, 6) is -0.814. The smallest absolute Gasteiger partial charge is 0.262 e. The molecule has 2 unspecified atom stereocenters. The minimum Gasteiger partial charge on any atom is -0.496 e. The molecular formula is C22H24N2O4. The maximum atomic E-state index is 13.1. The largest absolute Gasteiger partial charge is 0.496 e. The summed E-state index contributed by atoms with van der Waals surface area (Å²) in [5, 5.41) is 2.93. The Hall–Kier alpha value is -3.15. The summed E-state index contributed by atoms with van der Waals surface area (Å²) in [6.07, 6.45) is 0. The van der Waals surface area contributed by atoms with Crippen molar-refractivity contribution in [3.63, 3.8) is 0 Å². The van der Waals surface area contributed by atoms with E-state index in [-0.39, 0.29) is 17.9 Å². The quantitative estimate of drug-likeness (QED) is 0.781. The van der Waals surface area contributed by atoms with Crippen molar-refractivity contribution >= 4 is 17.7 Å². The SMILES string of the molecule is COc1ccccc1C(C)NC(=O)C(C(C)C)N1C(=O)c2ccccc2C1=O. The first-order valence-electron chi connectivity index (χ1n) is 9.27. The standard InChI is InChI=1S/C22H24N2O4/c1-13(2)19(24-21(26)16-10-5-6-11-17(16)22(24)27)20(25)23-14(3)15-9-7-8-12-18(15)28-4/h5-14,19H,1-4H3,(H,23,25). The molecule has 0 saturated heterocycles. The van der Waals surface area contributed by atoms with Gasteiger partial charge in [-0.1, -0.05) is 44.2 Å². The number of imide groups is 1. The monoisotopic (exact) mass is 380 g/mol. The van der Waals surface area contributed by atoms with E-state index in [9.17, 15) is 14.4 Å². The zero-order valence-corrected chi connectivity index (χ0v) is 16.4. The van der Waals surface area contributed by atoms with Crippen molar-refractivity contribution in [1.82, 2.24) is 10.2 Å². The molecule has 0 saturated carbocycles. The van der Waals surface area contributed by atoms with Crippen LogP contribution in [-0.4, -0.2) is 35.8 Å². The topological polar surface area (TPSA) is 75.7 Å². The van der Waals surface area contributed by atoms with Gasteiger partial charge in [0.25, 0.3) is 11.8 Å². The molecule has 2 atom stereocenters. The fourth-order valence-electron chi connectivity index (χ4n) is 3.58. The van der Waals surface area contributed by atoms with Crippen LogP contribution in [0.4, 0.5) is 0 Å². The van der Waals surface area contributed by atoms with Crippen LogP contribution in [0.5, 0.6) is 5.75 Å². The first-order valence-corrected chi connectivity index (χ1v) is 9.27. The first kappa shape index (κ1) is 19.6. The average Bonchev–Trinajstić information content (AvgIpc) is 2.93. The first-order chi connectivity index (χ1) is 13.4. The Morgan fingerprint density at radius 1 is 0.929 bits per heavy atom. The van der Waals surface area contributed by atoms with Crippen molar-refractivity contribution in [2.75, 3.05) is 7.11 Å². The van der Waals surface area contributed by atoms with Gasteiger partial charge in [0.1, 0.15) is 11.8 Å². The van der Waals surface area contributed by atoms with Crippen molar-refractivity contribution in [3.8, 4) is 5.75 Å². The molecule has 6 heteroatoms. The van der Waals surface area contributed by atoms with Gasteiger partial charge < -0.3 is 10.1 Å². The molecular weight excluding hydrogens is 356 g/mol. The van der Waals surface area contributed by atoms with Gasteiger partial charge >= 0.3 is 0 Å². The predicted octanol–water partition coefficient (Wildman–Crippen LogP) is 3.19. The van der Waals surface area contributed by atoms with E-state index >= 15 is 0 Å². The van der Waals surface area contributed by atoms with E-state index in [0.29, 0.717) is 16.9 Å². The third-order valence-electron chi connectivity index (χ3n) is 4.97. The molecule has 0 aromatic heterocycles. The number of amides is 3. The number of methoxy groups -OCH3 is 1. The van der Waals surface area contributed by atoms with E-state index in [1.54, 1.807) is 31.4 Å². The molecule has 2 aromatic rings. The zero-order chi connectivity index (χ0) is 20.4. The van der Waals surface area contributed by atoms with Crippen LogP contribution in [0.25, 0.3) is 0 Å². The molecule has 0 spiro atoms. The highest BCUT2D eigenvalue weighted by Gasteiger charge is 2.44. The number of para-hydroxylation sites is 1. The van der Waals surface area contributed by atoms with Gasteiger partial charge in [-0.2, -0.15) is 0 Å². The van der Waals surface area contributed by atoms with Crippen LogP contribution < -0.4 is 10.1 Å². The molecule has 3 rings (SSSR count). The highest BCUT2D eigenvalue weighted by molar-refractivity contribution is 6.22. The molecule has 2 aromatic carbocycles. The third kappa shape index (κ3) is 3.38. The zero-order valence-electron chi connectivity index (χ0n) is 16.4. The Bertz CT molecular complexity index is 887. The van der Waals surface area contributed by atoms with Crippen molar-refractivity contribution in [2.24, 2.45) is 5.92 Å². The fraction of sp³-hybridized carbons (Fsp3) is 0.318. The normalized spacial score (nSPS) is 15.4. The van der Waals surface area contributed by atoms with Gasteiger partial charge in [-0.3, -0.25) is 19.3 Å². The number of carbonyl (C=O) groups is 3. The molecule has 0 aliphatic carbocycles. The number of rotatable bonds is 6. The van der Waals surface area contributed by atoms with Crippen molar-refractivity contribution in [1.29, 1.82) is 0 Å². The number of hydrogen-bond donors (Lipinski definition) is 1. The van der Waals surface area contributed by atoms with Crippen LogP contribution in [0.1, 0.15) is 53.1 Å². The van der Waals surface area contributed by atoms with Gasteiger partial charge in [-0.25, -0.2) is 0 Å². The number of benzene rings is 2. The summed E-state index contributed by atoms with van der Waals surface area (Å²) in [5.41, 5.74) is 1.50. The number of hydrogen-bond acceptors (Lipinski definition) is 4. The summed E-state index contributed by atoms with van der Waals surface area (Å²) < 4.78 is 5.36. The number of nitrogens with one attached hydrogen (secondary N) is 1. The second-order valence-corrected chi connectivity index (χ2v) is 7.19. The Kier molecular flexibility index (Phi) is 5.49. The van der Waals surface area contributed by atoms with Crippen LogP contribution in [0.3, 0.4) is 0 Å². The number of nitrogens with zero attached hydrogens (tertiary/aromatic N) is 1. The minimum atomic E-state index is -0.899. The molecule has 0 bridgehead atoms. The van der Waals surface area contributed by atoms with Crippen molar-refractivity contribution in [3.05, 3.63) is 65.2 Å². The third-order valence-corrected chi connectivity index (χ3v) is 4.97. The lowest BCUT2D eigenvalue weighted by Crippen LogP contribution is -2.52. The summed E-state index contributed by atoms with van der Waals surface area (Å²) in [6, 6.07) is 12.8. The highest BCUT2D eigenvalue weighted by Crippen LogP contribution is 2.29. The predicted molar refractivity (Wildman–Crippen MR) is 105 cm³/mol. The molecule has 28 heavy (non-hydrogen) atoms. The maximum Gasteiger partial charge on any atom is 0.262 e. The second kappa shape index (κ2) is 7.84. The summed E-state index contributed by atoms with van der Waals surface area (Å²) in [7, 11) is 1.57. The van der Waals surface area contributed by atoms with E-state index in [1.807, 2.05) is 45.0 Å². The molecule has 1 aliphatic heterocycles. The molecule has 146 valence electrons. The van der Waals surface area contributed by atoms with Crippen LogP contribution in [-0.2, 0) is 4.79 Å². The Morgan fingerprint density at radius 3 is 2.00 bits per heavy atom. The van der Waals surface area contributed by atoms with Gasteiger partial charge in [0.2, 0.25) is 5.91 Å². The Balaban J connectivity index is 1.86. The van der Waals surface area contributed by atoms with Gasteiger partial charge in [0, 0.05) is 5.56 Å². The van der Waals surface area contributed by atoms with Gasteiger partial charge in [0.05, 0.1) is 24.3 Å². The number of ether oxygens (including phenoxy) is 1. The van der Waals surface area contributed by atoms with Crippen molar-refractivity contribution in [2.45, 2.75) is 32.9 Å². The molecule has 0 fully saturated rings. The lowest BCUT2D eigenvalue weighted by Gasteiger charge is -2.30. The van der Waals surface area contributed by atoms with E-state index in [4.69, 9.17) is 4.74 Å². The highest BCUT2D eigenvalue weighted by atomic mass is 16.5. The minimum absolute atomic E-state index is 0.243. The lowest BCUT2D eigenvalue weighted by molar-refractivity contribution is -0.127. The van der Waals surface area contributed by atoms with Gasteiger partial charge in [-0.15, -0.1) is 0 Å². The maximum absolute atomic E-state index is 13.1. The Labute approximate surface area is 164 Å². The summed E-state index contributed by atoms with van der Waals surface area (Å²) in [4.78, 5) is 39.8. The van der Waals surface area contributed by atoms with Crippen LogP contribution in [0.2, 0.25) is 0 Å². The molecule has 1 N–H and O–H groups in total. The lowest BCUT2D eigenvalue weighted by atomic mass is 10.00. The van der Waals surface area contributed by atoms with Crippen LogP contribution in [0.15, 0.2) is 48.5 Å². The molecule has 1 heterocycles. The molecule has 1 aliphatic rings. The molecule has 6 nitrogen and oxygen atoms in total. The molecule has 0 radical (unpaired) electrons. The van der Waals surface area contributed by atoms with E-state index < -0.39 is 17.9 Å². The van der Waals surface area contributed by atoms with E-state index in [2.05, 4.69) is 5.32 Å². The van der Waals surface area contributed by atoms with E-state index in [0.717, 1.165) is 10.5 Å². The van der Waals surface area contributed by atoms with Crippen LogP contribution >= 0.6 is 0 Å². The summed E-state index contributed by atoms with van der Waals surface area (Å²) >= 11 is 0. The van der Waals surface area contributed by atoms with E-state index in [1.165, 1.54) is 0 Å². The van der Waals surface area contributed by atoms with Gasteiger partial charge in [0.15, 0.2) is 0 Å². The van der Waals surface area contributed by atoms with Crippen LogP contribution in [0, 0.1) is 5.92 Å². The molecule has 3 amide bonds. The Morgan fingerprint density at radius 2 is 1.46 bits per heavy atom.